The lowest BCUT2D eigenvalue weighted by molar-refractivity contribution is -0.119. The minimum atomic E-state index is 0.0308. The van der Waals surface area contributed by atoms with Crippen LogP contribution in [0.4, 0.5) is 5.82 Å². The standard InChI is InChI=1S/C15H24N4O/c1-9(2)12-7-13(19-15(18-12)10(3)4)16-8-14(20)17-11-5-6-11/h7,9-11H,5-6,8H2,1-4H3,(H,17,20)(H,16,18,19). The molecule has 1 aliphatic rings. The van der Waals surface area contributed by atoms with E-state index < -0.39 is 0 Å². The number of hydrogen-bond acceptors (Lipinski definition) is 4. The fourth-order valence-electron chi connectivity index (χ4n) is 1.81. The number of amides is 1. The van der Waals surface area contributed by atoms with Crippen LogP contribution in [0.3, 0.4) is 0 Å². The summed E-state index contributed by atoms with van der Waals surface area (Å²) in [4.78, 5) is 20.7. The van der Waals surface area contributed by atoms with Crippen LogP contribution in [0, 0.1) is 0 Å². The summed E-state index contributed by atoms with van der Waals surface area (Å²) in [6, 6.07) is 2.33. The topological polar surface area (TPSA) is 66.9 Å². The number of hydrogen-bond donors (Lipinski definition) is 2. The molecule has 2 rings (SSSR count). The molecule has 1 amide bonds. The van der Waals surface area contributed by atoms with Gasteiger partial charge in [0.25, 0.3) is 0 Å². The van der Waals surface area contributed by atoms with Gasteiger partial charge in [0.1, 0.15) is 11.6 Å². The van der Waals surface area contributed by atoms with Crippen LogP contribution in [0.2, 0.25) is 0 Å². The van der Waals surface area contributed by atoms with Gasteiger partial charge in [0.15, 0.2) is 0 Å². The molecule has 1 fully saturated rings. The fourth-order valence-corrected chi connectivity index (χ4v) is 1.81. The van der Waals surface area contributed by atoms with E-state index in [-0.39, 0.29) is 18.4 Å². The maximum atomic E-state index is 11.7. The first-order chi connectivity index (χ1) is 9.45. The molecule has 1 aromatic heterocycles. The molecule has 0 saturated heterocycles. The molecule has 5 nitrogen and oxygen atoms in total. The van der Waals surface area contributed by atoms with Crippen LogP contribution in [0.15, 0.2) is 6.07 Å². The van der Waals surface area contributed by atoms with Gasteiger partial charge in [-0.15, -0.1) is 0 Å². The van der Waals surface area contributed by atoms with E-state index >= 15 is 0 Å². The number of nitrogens with one attached hydrogen (secondary N) is 2. The molecule has 5 heteroatoms. The Hall–Kier alpha value is -1.65. The van der Waals surface area contributed by atoms with Crippen molar-refractivity contribution in [1.29, 1.82) is 0 Å². The molecular formula is C15H24N4O. The molecule has 1 aliphatic carbocycles. The average molecular weight is 276 g/mol. The Labute approximate surface area is 120 Å². The van der Waals surface area contributed by atoms with Crippen molar-refractivity contribution in [1.82, 2.24) is 15.3 Å². The monoisotopic (exact) mass is 276 g/mol. The number of carbonyl (C=O) groups is 1. The normalized spacial score (nSPS) is 14.7. The predicted octanol–water partition coefficient (Wildman–Crippen LogP) is 2.41. The molecular weight excluding hydrogens is 252 g/mol. The number of aromatic nitrogens is 2. The molecule has 0 atom stereocenters. The van der Waals surface area contributed by atoms with Crippen molar-refractivity contribution in [2.75, 3.05) is 11.9 Å². The van der Waals surface area contributed by atoms with Gasteiger partial charge in [0.05, 0.1) is 6.54 Å². The molecule has 0 aliphatic heterocycles. The Morgan fingerprint density at radius 2 is 1.95 bits per heavy atom. The van der Waals surface area contributed by atoms with Gasteiger partial charge >= 0.3 is 0 Å². The zero-order chi connectivity index (χ0) is 14.7. The van der Waals surface area contributed by atoms with Gasteiger partial charge in [-0.1, -0.05) is 27.7 Å². The molecule has 110 valence electrons. The fraction of sp³-hybridized carbons (Fsp3) is 0.667. The molecule has 20 heavy (non-hydrogen) atoms. The van der Waals surface area contributed by atoms with Crippen molar-refractivity contribution in [2.24, 2.45) is 0 Å². The maximum Gasteiger partial charge on any atom is 0.239 e. The predicted molar refractivity (Wildman–Crippen MR) is 79.9 cm³/mol. The van der Waals surface area contributed by atoms with E-state index in [4.69, 9.17) is 0 Å². The highest BCUT2D eigenvalue weighted by atomic mass is 16.2. The lowest BCUT2D eigenvalue weighted by Gasteiger charge is -2.13. The highest BCUT2D eigenvalue weighted by Gasteiger charge is 2.23. The Kier molecular flexibility index (Phi) is 4.57. The Balaban J connectivity index is 2.03. The second kappa shape index (κ2) is 6.20. The average Bonchev–Trinajstić information content (AvgIpc) is 3.19. The summed E-state index contributed by atoms with van der Waals surface area (Å²) in [7, 11) is 0. The molecule has 0 aromatic carbocycles. The van der Waals surface area contributed by atoms with Gasteiger partial charge in [-0.3, -0.25) is 4.79 Å². The first-order valence-electron chi connectivity index (χ1n) is 7.37. The number of nitrogens with zero attached hydrogens (tertiary/aromatic N) is 2. The number of carbonyl (C=O) groups excluding carboxylic acids is 1. The molecule has 1 aromatic rings. The van der Waals surface area contributed by atoms with Gasteiger partial charge < -0.3 is 10.6 Å². The molecule has 0 bridgehead atoms. The van der Waals surface area contributed by atoms with Crippen molar-refractivity contribution in [3.63, 3.8) is 0 Å². The zero-order valence-electron chi connectivity index (χ0n) is 12.7. The van der Waals surface area contributed by atoms with Crippen molar-refractivity contribution in [2.45, 2.75) is 58.4 Å². The molecule has 1 saturated carbocycles. The first-order valence-corrected chi connectivity index (χ1v) is 7.37. The lowest BCUT2D eigenvalue weighted by Crippen LogP contribution is -2.31. The third kappa shape index (κ3) is 4.18. The quantitative estimate of drug-likeness (QED) is 0.837. The molecule has 0 spiro atoms. The third-order valence-electron chi connectivity index (χ3n) is 3.24. The van der Waals surface area contributed by atoms with Crippen molar-refractivity contribution in [3.8, 4) is 0 Å². The Bertz CT molecular complexity index is 455. The van der Waals surface area contributed by atoms with Crippen LogP contribution in [0.5, 0.6) is 0 Å². The maximum absolute atomic E-state index is 11.7. The van der Waals surface area contributed by atoms with Crippen LogP contribution in [-0.2, 0) is 4.79 Å². The summed E-state index contributed by atoms with van der Waals surface area (Å²) in [5.41, 5.74) is 1.01. The van der Waals surface area contributed by atoms with Gasteiger partial charge in [0.2, 0.25) is 5.91 Å². The highest BCUT2D eigenvalue weighted by molar-refractivity contribution is 5.80. The molecule has 1 heterocycles. The SMILES string of the molecule is CC(C)c1cc(NCC(=O)NC2CC2)nc(C(C)C)n1. The summed E-state index contributed by atoms with van der Waals surface area (Å²) in [6.07, 6.45) is 2.21. The first kappa shape index (κ1) is 14.8. The van der Waals surface area contributed by atoms with Gasteiger partial charge in [0, 0.05) is 23.7 Å². The number of anilines is 1. The summed E-state index contributed by atoms with van der Waals surface area (Å²) >= 11 is 0. The molecule has 0 radical (unpaired) electrons. The number of rotatable bonds is 6. The van der Waals surface area contributed by atoms with Crippen molar-refractivity contribution >= 4 is 11.7 Å². The van der Waals surface area contributed by atoms with Gasteiger partial charge in [-0.2, -0.15) is 0 Å². The Morgan fingerprint density at radius 1 is 1.25 bits per heavy atom. The van der Waals surface area contributed by atoms with Crippen molar-refractivity contribution in [3.05, 3.63) is 17.6 Å². The van der Waals surface area contributed by atoms with Crippen molar-refractivity contribution < 1.29 is 4.79 Å². The van der Waals surface area contributed by atoms with Gasteiger partial charge in [-0.05, 0) is 18.8 Å². The second-order valence-corrected chi connectivity index (χ2v) is 6.04. The largest absolute Gasteiger partial charge is 0.361 e. The van der Waals surface area contributed by atoms with Gasteiger partial charge in [-0.25, -0.2) is 9.97 Å². The molecule has 2 N–H and O–H groups in total. The smallest absolute Gasteiger partial charge is 0.239 e. The van der Waals surface area contributed by atoms with Crippen LogP contribution in [0.25, 0.3) is 0 Å². The van der Waals surface area contributed by atoms with Crippen LogP contribution >= 0.6 is 0 Å². The van der Waals surface area contributed by atoms with E-state index in [2.05, 4.69) is 48.3 Å². The highest BCUT2D eigenvalue weighted by Crippen LogP contribution is 2.20. The minimum Gasteiger partial charge on any atom is -0.361 e. The molecule has 0 unspecified atom stereocenters. The van der Waals surface area contributed by atoms with E-state index in [1.54, 1.807) is 0 Å². The van der Waals surface area contributed by atoms with E-state index in [0.717, 1.165) is 30.2 Å². The van der Waals surface area contributed by atoms with Crippen LogP contribution < -0.4 is 10.6 Å². The van der Waals surface area contributed by atoms with E-state index in [1.165, 1.54) is 0 Å². The summed E-state index contributed by atoms with van der Waals surface area (Å²) < 4.78 is 0. The second-order valence-electron chi connectivity index (χ2n) is 6.04. The van der Waals surface area contributed by atoms with E-state index in [9.17, 15) is 4.79 Å². The minimum absolute atomic E-state index is 0.0308. The summed E-state index contributed by atoms with van der Waals surface area (Å²) in [5.74, 6) is 2.20. The lowest BCUT2D eigenvalue weighted by atomic mass is 10.1. The summed E-state index contributed by atoms with van der Waals surface area (Å²) in [5, 5.41) is 6.06. The zero-order valence-corrected chi connectivity index (χ0v) is 12.7. The van der Waals surface area contributed by atoms with E-state index in [0.29, 0.717) is 12.0 Å². The third-order valence-corrected chi connectivity index (χ3v) is 3.24. The van der Waals surface area contributed by atoms with Crippen LogP contribution in [0.1, 0.15) is 63.9 Å². The summed E-state index contributed by atoms with van der Waals surface area (Å²) in [6.45, 7) is 8.63. The van der Waals surface area contributed by atoms with Crippen LogP contribution in [-0.4, -0.2) is 28.5 Å². The Morgan fingerprint density at radius 3 is 2.50 bits per heavy atom. The van der Waals surface area contributed by atoms with E-state index in [1.807, 2.05) is 6.07 Å².